The number of methoxy groups -OCH3 is 2. The number of carboxylic acid groups (broad SMARTS) is 1. The normalized spacial score (nSPS) is 17.5. The number of hydrogen-bond donors (Lipinski definition) is 1. The molecule has 1 N–H and O–H groups in total. The molecule has 0 spiro atoms. The summed E-state index contributed by atoms with van der Waals surface area (Å²) in [6.45, 7) is 3.34. The third-order valence-electron chi connectivity index (χ3n) is 6.15. The van der Waals surface area contributed by atoms with Crippen LogP contribution in [0.15, 0.2) is 42.5 Å². The lowest BCUT2D eigenvalue weighted by Crippen LogP contribution is -2.46. The van der Waals surface area contributed by atoms with Crippen LogP contribution in [0.3, 0.4) is 0 Å². The van der Waals surface area contributed by atoms with Crippen molar-refractivity contribution in [3.63, 3.8) is 0 Å². The summed E-state index contributed by atoms with van der Waals surface area (Å²) < 4.78 is 17.5. The maximum Gasteiger partial charge on any atom is 0.320 e. The van der Waals surface area contributed by atoms with Crippen LogP contribution in [0.4, 0.5) is 0 Å². The van der Waals surface area contributed by atoms with E-state index in [9.17, 15) is 9.90 Å². The van der Waals surface area contributed by atoms with Crippen molar-refractivity contribution in [1.29, 1.82) is 0 Å². The predicted octanol–water partition coefficient (Wildman–Crippen LogP) is 5.45. The standard InChI is InChI=1S/C26H35NO5/c1-4-5-13-21(27-15-10-9-14-22(27)26(28)29)20-16-23(30-2)25(24(17-20)31-3)32-18-19-11-7-6-8-12-19/h6-8,11-12,16-17,21-22H,4-5,9-10,13-15,18H2,1-3H3,(H,28,29). The average Bonchev–Trinajstić information content (AvgIpc) is 2.83. The number of aliphatic carboxylic acids is 1. The minimum atomic E-state index is -0.743. The van der Waals surface area contributed by atoms with E-state index in [1.165, 1.54) is 0 Å². The molecule has 1 heterocycles. The Morgan fingerprint density at radius 1 is 1.12 bits per heavy atom. The Hall–Kier alpha value is -2.73. The number of nitrogens with zero attached hydrogens (tertiary/aromatic N) is 1. The van der Waals surface area contributed by atoms with Crippen LogP contribution in [-0.4, -0.2) is 42.8 Å². The van der Waals surface area contributed by atoms with Gasteiger partial charge in [-0.2, -0.15) is 0 Å². The Bertz CT molecular complexity index is 845. The van der Waals surface area contributed by atoms with Crippen LogP contribution in [0.2, 0.25) is 0 Å². The summed E-state index contributed by atoms with van der Waals surface area (Å²) >= 11 is 0. The summed E-state index contributed by atoms with van der Waals surface area (Å²) in [5.74, 6) is 1.01. The lowest BCUT2D eigenvalue weighted by molar-refractivity contribution is -0.146. The fourth-order valence-corrected chi connectivity index (χ4v) is 4.48. The Labute approximate surface area is 191 Å². The molecular weight excluding hydrogens is 406 g/mol. The molecule has 0 radical (unpaired) electrons. The van der Waals surface area contributed by atoms with Gasteiger partial charge in [0, 0.05) is 6.04 Å². The van der Waals surface area contributed by atoms with E-state index in [2.05, 4.69) is 11.8 Å². The lowest BCUT2D eigenvalue weighted by atomic mass is 9.92. The number of piperidine rings is 1. The molecule has 32 heavy (non-hydrogen) atoms. The molecule has 2 aromatic carbocycles. The molecule has 0 amide bonds. The summed E-state index contributed by atoms with van der Waals surface area (Å²) in [5, 5.41) is 9.84. The molecule has 0 aromatic heterocycles. The van der Waals surface area contributed by atoms with E-state index in [0.29, 0.717) is 30.3 Å². The molecular formula is C26H35NO5. The highest BCUT2D eigenvalue weighted by molar-refractivity contribution is 5.73. The van der Waals surface area contributed by atoms with Crippen LogP contribution in [0, 0.1) is 0 Å². The predicted molar refractivity (Wildman–Crippen MR) is 125 cm³/mol. The molecule has 1 saturated heterocycles. The number of unbranched alkanes of at least 4 members (excludes halogenated alkanes) is 1. The molecule has 1 aliphatic heterocycles. The fourth-order valence-electron chi connectivity index (χ4n) is 4.48. The van der Waals surface area contributed by atoms with Crippen molar-refractivity contribution in [2.75, 3.05) is 20.8 Å². The van der Waals surface area contributed by atoms with E-state index >= 15 is 0 Å². The highest BCUT2D eigenvalue weighted by atomic mass is 16.5. The number of carbonyl (C=O) groups is 1. The molecule has 2 atom stereocenters. The minimum Gasteiger partial charge on any atom is -0.493 e. The summed E-state index contributed by atoms with van der Waals surface area (Å²) in [6, 6.07) is 13.4. The van der Waals surface area contributed by atoms with Crippen LogP contribution >= 0.6 is 0 Å². The van der Waals surface area contributed by atoms with E-state index in [1.54, 1.807) is 14.2 Å². The lowest BCUT2D eigenvalue weighted by Gasteiger charge is -2.39. The number of ether oxygens (including phenoxy) is 3. The Kier molecular flexibility index (Phi) is 8.80. The molecule has 6 heteroatoms. The first-order valence-corrected chi connectivity index (χ1v) is 11.5. The van der Waals surface area contributed by atoms with Gasteiger partial charge in [-0.15, -0.1) is 0 Å². The SMILES string of the molecule is CCCCC(c1cc(OC)c(OCc2ccccc2)c(OC)c1)N1CCCCC1C(=O)O. The van der Waals surface area contributed by atoms with Gasteiger partial charge in [0.2, 0.25) is 5.75 Å². The van der Waals surface area contributed by atoms with Gasteiger partial charge in [-0.05, 0) is 49.1 Å². The molecule has 3 rings (SSSR count). The van der Waals surface area contributed by atoms with Crippen molar-refractivity contribution >= 4 is 5.97 Å². The van der Waals surface area contributed by atoms with Crippen LogP contribution in [-0.2, 0) is 11.4 Å². The third kappa shape index (κ3) is 5.74. The van der Waals surface area contributed by atoms with Gasteiger partial charge in [0.15, 0.2) is 11.5 Å². The number of rotatable bonds is 11. The molecule has 0 bridgehead atoms. The van der Waals surface area contributed by atoms with Crippen LogP contribution in [0.25, 0.3) is 0 Å². The topological polar surface area (TPSA) is 68.2 Å². The first-order valence-electron chi connectivity index (χ1n) is 11.5. The zero-order valence-corrected chi connectivity index (χ0v) is 19.4. The van der Waals surface area contributed by atoms with Crippen molar-refractivity contribution in [3.8, 4) is 17.2 Å². The molecule has 174 valence electrons. The number of hydrogen-bond acceptors (Lipinski definition) is 5. The van der Waals surface area contributed by atoms with E-state index in [1.807, 2.05) is 42.5 Å². The van der Waals surface area contributed by atoms with E-state index in [0.717, 1.165) is 49.8 Å². The van der Waals surface area contributed by atoms with Gasteiger partial charge in [-0.1, -0.05) is 56.5 Å². The first kappa shape index (κ1) is 23.9. The summed E-state index contributed by atoms with van der Waals surface area (Å²) in [4.78, 5) is 14.1. The molecule has 0 saturated carbocycles. The largest absolute Gasteiger partial charge is 0.493 e. The van der Waals surface area contributed by atoms with Crippen molar-refractivity contribution in [2.24, 2.45) is 0 Å². The number of benzene rings is 2. The van der Waals surface area contributed by atoms with E-state index in [4.69, 9.17) is 14.2 Å². The zero-order chi connectivity index (χ0) is 22.9. The van der Waals surface area contributed by atoms with Gasteiger partial charge in [-0.3, -0.25) is 9.69 Å². The number of likely N-dealkylation sites (tertiary alicyclic amines) is 1. The summed E-state index contributed by atoms with van der Waals surface area (Å²) in [5.41, 5.74) is 2.06. The van der Waals surface area contributed by atoms with Gasteiger partial charge >= 0.3 is 5.97 Å². The van der Waals surface area contributed by atoms with Crippen molar-refractivity contribution in [2.45, 2.75) is 64.1 Å². The zero-order valence-electron chi connectivity index (χ0n) is 19.4. The van der Waals surface area contributed by atoms with Gasteiger partial charge in [0.05, 0.1) is 14.2 Å². The molecule has 6 nitrogen and oxygen atoms in total. The third-order valence-corrected chi connectivity index (χ3v) is 6.15. The number of carboxylic acids is 1. The second-order valence-electron chi connectivity index (χ2n) is 8.27. The second-order valence-corrected chi connectivity index (χ2v) is 8.27. The minimum absolute atomic E-state index is 0.0117. The molecule has 0 aliphatic carbocycles. The van der Waals surface area contributed by atoms with Crippen molar-refractivity contribution in [3.05, 3.63) is 53.6 Å². The Morgan fingerprint density at radius 2 is 1.81 bits per heavy atom. The quantitative estimate of drug-likeness (QED) is 0.500. The monoisotopic (exact) mass is 441 g/mol. The highest BCUT2D eigenvalue weighted by Crippen LogP contribution is 2.43. The maximum absolute atomic E-state index is 12.0. The van der Waals surface area contributed by atoms with E-state index in [-0.39, 0.29) is 6.04 Å². The van der Waals surface area contributed by atoms with Gasteiger partial charge in [0.1, 0.15) is 12.6 Å². The van der Waals surface area contributed by atoms with Crippen LogP contribution in [0.5, 0.6) is 17.2 Å². The van der Waals surface area contributed by atoms with Crippen molar-refractivity contribution in [1.82, 2.24) is 4.90 Å². The summed E-state index contributed by atoms with van der Waals surface area (Å²) in [7, 11) is 3.24. The molecule has 2 unspecified atom stereocenters. The van der Waals surface area contributed by atoms with Gasteiger partial charge in [-0.25, -0.2) is 0 Å². The maximum atomic E-state index is 12.0. The fraction of sp³-hybridized carbons (Fsp3) is 0.500. The van der Waals surface area contributed by atoms with Crippen LogP contribution < -0.4 is 14.2 Å². The Balaban J connectivity index is 1.94. The first-order chi connectivity index (χ1) is 15.6. The smallest absolute Gasteiger partial charge is 0.320 e. The highest BCUT2D eigenvalue weighted by Gasteiger charge is 2.34. The van der Waals surface area contributed by atoms with Crippen LogP contribution in [0.1, 0.15) is 62.6 Å². The average molecular weight is 442 g/mol. The van der Waals surface area contributed by atoms with Gasteiger partial charge < -0.3 is 19.3 Å². The van der Waals surface area contributed by atoms with Gasteiger partial charge in [0.25, 0.3) is 0 Å². The molecule has 1 aliphatic rings. The van der Waals surface area contributed by atoms with Crippen molar-refractivity contribution < 1.29 is 24.1 Å². The van der Waals surface area contributed by atoms with E-state index < -0.39 is 12.0 Å². The second kappa shape index (κ2) is 11.8. The Morgan fingerprint density at radius 3 is 2.41 bits per heavy atom. The molecule has 2 aromatic rings. The molecule has 1 fully saturated rings. The summed E-state index contributed by atoms with van der Waals surface area (Å²) in [6.07, 6.45) is 5.60.